The van der Waals surface area contributed by atoms with Crippen molar-refractivity contribution in [3.05, 3.63) is 78.6 Å². The van der Waals surface area contributed by atoms with Crippen molar-refractivity contribution in [2.75, 3.05) is 0 Å². The third-order valence-electron chi connectivity index (χ3n) is 4.63. The van der Waals surface area contributed by atoms with Crippen LogP contribution >= 0.6 is 0 Å². The van der Waals surface area contributed by atoms with Crippen molar-refractivity contribution in [1.82, 2.24) is 14.4 Å². The Labute approximate surface area is 174 Å². The van der Waals surface area contributed by atoms with E-state index in [9.17, 15) is 9.18 Å². The first-order valence-corrected chi connectivity index (χ1v) is 9.68. The van der Waals surface area contributed by atoms with Crippen LogP contribution in [-0.4, -0.2) is 25.9 Å². The number of hydrogen-bond donors (Lipinski definition) is 0. The van der Waals surface area contributed by atoms with Gasteiger partial charge in [0.25, 0.3) is 0 Å². The summed E-state index contributed by atoms with van der Waals surface area (Å²) in [5, 5.41) is 0. The van der Waals surface area contributed by atoms with Crippen molar-refractivity contribution in [2.24, 2.45) is 0 Å². The molecule has 3 aromatic heterocycles. The van der Waals surface area contributed by atoms with Crippen molar-refractivity contribution in [3.63, 3.8) is 0 Å². The highest BCUT2D eigenvalue weighted by Crippen LogP contribution is 2.26. The number of imidazole rings is 1. The van der Waals surface area contributed by atoms with Gasteiger partial charge in [-0.3, -0.25) is 14.2 Å². The van der Waals surface area contributed by atoms with Crippen molar-refractivity contribution in [2.45, 2.75) is 32.8 Å². The molecule has 0 aliphatic heterocycles. The molecule has 5 nitrogen and oxygen atoms in total. The Morgan fingerprint density at radius 1 is 1.03 bits per heavy atom. The van der Waals surface area contributed by atoms with Crippen LogP contribution in [0.15, 0.2) is 67.3 Å². The zero-order chi connectivity index (χ0) is 21.3. The van der Waals surface area contributed by atoms with Crippen LogP contribution in [-0.2, 0) is 16.0 Å². The lowest BCUT2D eigenvalue weighted by Crippen LogP contribution is -2.25. The number of rotatable bonds is 4. The van der Waals surface area contributed by atoms with Gasteiger partial charge in [0.15, 0.2) is 0 Å². The second-order valence-corrected chi connectivity index (χ2v) is 8.09. The number of carbonyl (C=O) groups is 1. The Bertz CT molecular complexity index is 1210. The summed E-state index contributed by atoms with van der Waals surface area (Å²) in [5.74, 6) is -0.894. The Balaban J connectivity index is 1.61. The number of aromatic nitrogens is 3. The monoisotopic (exact) mass is 403 g/mol. The maximum atomic E-state index is 14.7. The topological polar surface area (TPSA) is 56.5 Å². The van der Waals surface area contributed by atoms with E-state index in [1.165, 1.54) is 6.07 Å². The molecule has 30 heavy (non-hydrogen) atoms. The first-order chi connectivity index (χ1) is 14.3. The van der Waals surface area contributed by atoms with E-state index in [0.717, 1.165) is 22.5 Å². The van der Waals surface area contributed by atoms with Crippen LogP contribution in [0.5, 0.6) is 0 Å². The molecule has 3 heterocycles. The van der Waals surface area contributed by atoms with E-state index in [2.05, 4.69) is 9.97 Å². The molecule has 1 aromatic carbocycles. The molecule has 0 fully saturated rings. The van der Waals surface area contributed by atoms with Gasteiger partial charge >= 0.3 is 5.97 Å². The van der Waals surface area contributed by atoms with Gasteiger partial charge in [-0.2, -0.15) is 0 Å². The van der Waals surface area contributed by atoms with Crippen molar-refractivity contribution in [3.8, 4) is 22.4 Å². The summed E-state index contributed by atoms with van der Waals surface area (Å²) in [6.07, 6.45) is 7.02. The van der Waals surface area contributed by atoms with E-state index >= 15 is 0 Å². The third-order valence-corrected chi connectivity index (χ3v) is 4.63. The first kappa shape index (κ1) is 19.8. The molecule has 0 atom stereocenters. The molecule has 0 aliphatic rings. The second-order valence-electron chi connectivity index (χ2n) is 8.09. The smallest absolute Gasteiger partial charge is 0.310 e. The zero-order valence-corrected chi connectivity index (χ0v) is 17.1. The van der Waals surface area contributed by atoms with Gasteiger partial charge in [0.2, 0.25) is 0 Å². The third kappa shape index (κ3) is 4.22. The van der Waals surface area contributed by atoms with Gasteiger partial charge in [-0.05, 0) is 67.8 Å². The highest BCUT2D eigenvalue weighted by Gasteiger charge is 2.18. The summed E-state index contributed by atoms with van der Waals surface area (Å²) in [6, 6.07) is 12.7. The molecule has 4 rings (SSSR count). The lowest BCUT2D eigenvalue weighted by Gasteiger charge is -2.19. The number of nitrogens with zero attached hydrogens (tertiary/aromatic N) is 3. The quantitative estimate of drug-likeness (QED) is 0.446. The Kier molecular flexibility index (Phi) is 5.08. The van der Waals surface area contributed by atoms with Crippen LogP contribution in [0.1, 0.15) is 26.3 Å². The van der Waals surface area contributed by atoms with Crippen LogP contribution in [0.25, 0.3) is 28.0 Å². The van der Waals surface area contributed by atoms with Crippen LogP contribution < -0.4 is 0 Å². The predicted molar refractivity (Wildman–Crippen MR) is 113 cm³/mol. The molecule has 0 spiro atoms. The second kappa shape index (κ2) is 7.71. The van der Waals surface area contributed by atoms with Crippen LogP contribution in [0.3, 0.4) is 0 Å². The summed E-state index contributed by atoms with van der Waals surface area (Å²) < 4.78 is 21.9. The Morgan fingerprint density at radius 3 is 2.50 bits per heavy atom. The van der Waals surface area contributed by atoms with Gasteiger partial charge in [-0.15, -0.1) is 0 Å². The lowest BCUT2D eigenvalue weighted by atomic mass is 10.1. The SMILES string of the molecule is CC(C)(C)OC(=O)Cc1ccc(-c2cnc3cc(-c4ccncc4)ccn23)cc1F. The molecule has 0 aliphatic carbocycles. The van der Waals surface area contributed by atoms with Gasteiger partial charge in [0, 0.05) is 24.2 Å². The van der Waals surface area contributed by atoms with Crippen LogP contribution in [0, 0.1) is 5.82 Å². The van der Waals surface area contributed by atoms with Gasteiger partial charge < -0.3 is 4.74 Å². The first-order valence-electron chi connectivity index (χ1n) is 9.68. The molecule has 4 aromatic rings. The highest BCUT2D eigenvalue weighted by atomic mass is 19.1. The van der Waals surface area contributed by atoms with E-state index < -0.39 is 17.4 Å². The number of pyridine rings is 2. The van der Waals surface area contributed by atoms with E-state index in [-0.39, 0.29) is 6.42 Å². The minimum absolute atomic E-state index is 0.105. The van der Waals surface area contributed by atoms with Crippen LogP contribution in [0.2, 0.25) is 0 Å². The summed E-state index contributed by atoms with van der Waals surface area (Å²) in [5.41, 5.74) is 4.01. The number of carbonyl (C=O) groups excluding carboxylic acids is 1. The van der Waals surface area contributed by atoms with Crippen molar-refractivity contribution >= 4 is 11.6 Å². The van der Waals surface area contributed by atoms with Crippen molar-refractivity contribution < 1.29 is 13.9 Å². The Morgan fingerprint density at radius 2 is 1.80 bits per heavy atom. The summed E-state index contributed by atoms with van der Waals surface area (Å²) >= 11 is 0. The number of halogens is 1. The van der Waals surface area contributed by atoms with Gasteiger partial charge in [-0.25, -0.2) is 9.37 Å². The van der Waals surface area contributed by atoms with E-state index in [1.807, 2.05) is 34.9 Å². The zero-order valence-electron chi connectivity index (χ0n) is 17.1. The van der Waals surface area contributed by atoms with Gasteiger partial charge in [0.1, 0.15) is 17.1 Å². The molecule has 0 unspecified atom stereocenters. The fraction of sp³-hybridized carbons (Fsp3) is 0.208. The minimum Gasteiger partial charge on any atom is -0.460 e. The highest BCUT2D eigenvalue weighted by molar-refractivity contribution is 5.74. The fourth-order valence-electron chi connectivity index (χ4n) is 3.30. The molecule has 0 saturated carbocycles. The van der Waals surface area contributed by atoms with E-state index in [1.54, 1.807) is 51.5 Å². The normalized spacial score (nSPS) is 11.6. The standard InChI is InChI=1S/C24H22FN3O2/c1-24(2,3)30-23(29)14-18-4-5-19(12-20(18)25)21-15-27-22-13-17(8-11-28(21)22)16-6-9-26-10-7-16/h4-13,15H,14H2,1-3H3. The number of hydrogen-bond acceptors (Lipinski definition) is 4. The van der Waals surface area contributed by atoms with Gasteiger partial charge in [-0.1, -0.05) is 12.1 Å². The summed E-state index contributed by atoms with van der Waals surface area (Å²) in [7, 11) is 0. The van der Waals surface area contributed by atoms with E-state index in [4.69, 9.17) is 4.74 Å². The average molecular weight is 403 g/mol. The largest absolute Gasteiger partial charge is 0.460 e. The molecule has 6 heteroatoms. The Hall–Kier alpha value is -3.54. The molecule has 0 amide bonds. The van der Waals surface area contributed by atoms with E-state index in [0.29, 0.717) is 11.1 Å². The fourth-order valence-corrected chi connectivity index (χ4v) is 3.30. The van der Waals surface area contributed by atoms with Crippen molar-refractivity contribution in [1.29, 1.82) is 0 Å². The summed E-state index contributed by atoms with van der Waals surface area (Å²) in [4.78, 5) is 20.5. The molecule has 0 bridgehead atoms. The number of ether oxygens (including phenoxy) is 1. The van der Waals surface area contributed by atoms with Crippen LogP contribution in [0.4, 0.5) is 4.39 Å². The lowest BCUT2D eigenvalue weighted by molar-refractivity contribution is -0.153. The maximum Gasteiger partial charge on any atom is 0.310 e. The molecular weight excluding hydrogens is 381 g/mol. The molecule has 0 saturated heterocycles. The molecule has 152 valence electrons. The number of esters is 1. The predicted octanol–water partition coefficient (Wildman–Crippen LogP) is 5.09. The minimum atomic E-state index is -0.598. The number of benzene rings is 1. The average Bonchev–Trinajstić information content (AvgIpc) is 3.12. The molecule has 0 N–H and O–H groups in total. The molecular formula is C24H22FN3O2. The molecule has 0 radical (unpaired) electrons. The summed E-state index contributed by atoms with van der Waals surface area (Å²) in [6.45, 7) is 5.36. The number of fused-ring (bicyclic) bond motifs is 1. The van der Waals surface area contributed by atoms with Gasteiger partial charge in [0.05, 0.1) is 18.3 Å². The maximum absolute atomic E-state index is 14.7.